The van der Waals surface area contributed by atoms with Crippen molar-refractivity contribution < 1.29 is 25.3 Å². The molecule has 0 saturated heterocycles. The molecule has 0 amide bonds. The van der Waals surface area contributed by atoms with Crippen LogP contribution >= 0.6 is 0 Å². The van der Waals surface area contributed by atoms with Crippen LogP contribution in [0.15, 0.2) is 0 Å². The van der Waals surface area contributed by atoms with E-state index in [9.17, 15) is 25.3 Å². The normalized spacial score (nSPS) is 16.0. The molecule has 92 valence electrons. The van der Waals surface area contributed by atoms with Crippen LogP contribution in [0.1, 0.15) is 0 Å². The van der Waals surface area contributed by atoms with Crippen molar-refractivity contribution in [1.82, 2.24) is 0 Å². The van der Waals surface area contributed by atoms with Gasteiger partial charge in [0.05, 0.1) is 9.52 Å². The molecule has 0 aromatic rings. The first-order valence-corrected chi connectivity index (χ1v) is 11.7. The minimum atomic E-state index is -4.21. The molecule has 0 fully saturated rings. The van der Waals surface area contributed by atoms with E-state index in [1.807, 2.05) is 0 Å². The van der Waals surface area contributed by atoms with Gasteiger partial charge in [0.15, 0.2) is 29.5 Å². The van der Waals surface area contributed by atoms with E-state index in [-0.39, 0.29) is 0 Å². The quantitative estimate of drug-likeness (QED) is 0.553. The van der Waals surface area contributed by atoms with Crippen LogP contribution in [-0.4, -0.2) is 56.6 Å². The Kier molecular flexibility index (Phi) is 3.84. The lowest BCUT2D eigenvalue weighted by atomic mass is 11.7. The van der Waals surface area contributed by atoms with Gasteiger partial charge in [-0.1, -0.05) is 6.55 Å². The Bertz CT molecular complexity index is 461. The lowest BCUT2D eigenvalue weighted by molar-refractivity contribution is 0.574. The average molecular weight is 294 g/mol. The zero-order chi connectivity index (χ0) is 12.7. The maximum absolute atomic E-state index is 11.5. The Balaban J connectivity index is 6.58. The molecule has 0 spiro atoms. The third-order valence-corrected chi connectivity index (χ3v) is 19.2. The first-order valence-electron chi connectivity index (χ1n) is 3.90. The monoisotopic (exact) mass is 294 g/mol. The molecule has 0 unspecified atom stereocenters. The average Bonchev–Trinajstić information content (AvgIpc) is 1.76. The predicted molar refractivity (Wildman–Crippen MR) is 61.7 cm³/mol. The molecule has 0 saturated carbocycles. The van der Waals surface area contributed by atoms with Crippen molar-refractivity contribution in [2.75, 3.05) is 18.8 Å². The second kappa shape index (κ2) is 3.82. The van der Waals surface area contributed by atoms with Crippen LogP contribution in [0.25, 0.3) is 0 Å². The van der Waals surface area contributed by atoms with Crippen LogP contribution in [0, 0.1) is 0 Å². The Morgan fingerprint density at radius 1 is 0.733 bits per heavy atom. The van der Waals surface area contributed by atoms with Gasteiger partial charge in [-0.15, -0.1) is 0 Å². The molecule has 0 N–H and O–H groups in total. The standard InChI is InChI=1S/C5H14O6S3Si/c1-12(6,7)5(15-4,13(2,8)9)14(3,10)11/h15H2,1-4H3. The number of hydrogen-bond acceptors (Lipinski definition) is 6. The number of rotatable bonds is 4. The van der Waals surface area contributed by atoms with Crippen molar-refractivity contribution >= 4 is 39.0 Å². The summed E-state index contributed by atoms with van der Waals surface area (Å²) >= 11 is 0. The summed E-state index contributed by atoms with van der Waals surface area (Å²) in [7, 11) is -14.5. The van der Waals surface area contributed by atoms with Gasteiger partial charge in [-0.2, -0.15) is 0 Å². The highest BCUT2D eigenvalue weighted by Gasteiger charge is 2.57. The van der Waals surface area contributed by atoms with Crippen LogP contribution in [0.5, 0.6) is 0 Å². The highest BCUT2D eigenvalue weighted by Crippen LogP contribution is 2.28. The fourth-order valence-electron chi connectivity index (χ4n) is 1.61. The minimum Gasteiger partial charge on any atom is -0.227 e. The van der Waals surface area contributed by atoms with Crippen LogP contribution in [0.2, 0.25) is 6.55 Å². The Morgan fingerprint density at radius 3 is 0.933 bits per heavy atom. The van der Waals surface area contributed by atoms with Crippen molar-refractivity contribution in [3.05, 3.63) is 0 Å². The van der Waals surface area contributed by atoms with Gasteiger partial charge in [-0.25, -0.2) is 25.3 Å². The summed E-state index contributed by atoms with van der Waals surface area (Å²) in [6, 6.07) is 0. The molecule has 0 aliphatic heterocycles. The van der Waals surface area contributed by atoms with E-state index in [2.05, 4.69) is 0 Å². The SMILES string of the molecule is C[SiH2]C(S(C)(=O)=O)(S(C)(=O)=O)S(C)(=O)=O. The van der Waals surface area contributed by atoms with Crippen LogP contribution in [0.4, 0.5) is 0 Å². The largest absolute Gasteiger partial charge is 0.249 e. The highest BCUT2D eigenvalue weighted by molar-refractivity contribution is 8.27. The molecule has 6 nitrogen and oxygen atoms in total. The summed E-state index contributed by atoms with van der Waals surface area (Å²) in [5.74, 6) is 0. The van der Waals surface area contributed by atoms with Gasteiger partial charge in [0.2, 0.25) is 3.03 Å². The smallest absolute Gasteiger partial charge is 0.227 e. The van der Waals surface area contributed by atoms with Crippen molar-refractivity contribution in [2.45, 2.75) is 9.58 Å². The first kappa shape index (κ1) is 15.1. The molecule has 15 heavy (non-hydrogen) atoms. The third-order valence-electron chi connectivity index (χ3n) is 2.13. The Morgan fingerprint density at radius 2 is 0.933 bits per heavy atom. The van der Waals surface area contributed by atoms with Gasteiger partial charge < -0.3 is 0 Å². The molecule has 0 aromatic heterocycles. The fraction of sp³-hybridized carbons (Fsp3) is 1.00. The van der Waals surface area contributed by atoms with Crippen LogP contribution in [-0.2, 0) is 29.5 Å². The van der Waals surface area contributed by atoms with Crippen molar-refractivity contribution in [2.24, 2.45) is 0 Å². The minimum absolute atomic E-state index is 0.644. The molecule has 0 aromatic carbocycles. The Labute approximate surface area is 92.6 Å². The summed E-state index contributed by atoms with van der Waals surface area (Å²) in [5.41, 5.74) is 0. The molecular weight excluding hydrogens is 280 g/mol. The van der Waals surface area contributed by atoms with E-state index in [1.165, 1.54) is 6.55 Å². The van der Waals surface area contributed by atoms with Crippen LogP contribution < -0.4 is 0 Å². The number of hydrogen-bond donors (Lipinski definition) is 0. The second-order valence-corrected chi connectivity index (χ2v) is 14.2. The maximum Gasteiger partial charge on any atom is 0.249 e. The second-order valence-electron chi connectivity index (χ2n) is 3.35. The molecular formula is C5H14O6S3Si. The molecule has 0 heterocycles. The Hall–Kier alpha value is 0.0669. The lowest BCUT2D eigenvalue weighted by Gasteiger charge is -2.26. The molecule has 0 radical (unpaired) electrons. The van der Waals surface area contributed by atoms with Gasteiger partial charge in [-0.05, 0) is 0 Å². The van der Waals surface area contributed by atoms with Crippen molar-refractivity contribution in [1.29, 1.82) is 0 Å². The highest BCUT2D eigenvalue weighted by atomic mass is 32.3. The summed E-state index contributed by atoms with van der Waals surface area (Å²) in [5, 5.41) is 0. The molecule has 0 aliphatic carbocycles. The molecule has 0 aliphatic rings. The van der Waals surface area contributed by atoms with Crippen LogP contribution in [0.3, 0.4) is 0 Å². The summed E-state index contributed by atoms with van der Waals surface area (Å²) in [4.78, 5) is 0. The molecule has 10 heteroatoms. The molecule has 0 rings (SSSR count). The summed E-state index contributed by atoms with van der Waals surface area (Å²) < 4.78 is 66.1. The third kappa shape index (κ3) is 2.27. The summed E-state index contributed by atoms with van der Waals surface area (Å²) in [6.07, 6.45) is 1.93. The van der Waals surface area contributed by atoms with E-state index >= 15 is 0 Å². The van der Waals surface area contributed by atoms with E-state index < -0.39 is 42.1 Å². The molecule has 0 atom stereocenters. The zero-order valence-corrected chi connectivity index (χ0v) is 12.7. The zero-order valence-electron chi connectivity index (χ0n) is 8.88. The van der Waals surface area contributed by atoms with Crippen molar-refractivity contribution in [3.63, 3.8) is 0 Å². The van der Waals surface area contributed by atoms with E-state index in [0.717, 1.165) is 0 Å². The maximum atomic E-state index is 11.5. The lowest BCUT2D eigenvalue weighted by Crippen LogP contribution is -2.55. The summed E-state index contributed by atoms with van der Waals surface area (Å²) in [6.45, 7) is 1.35. The van der Waals surface area contributed by atoms with Gasteiger partial charge in [-0.3, -0.25) is 0 Å². The van der Waals surface area contributed by atoms with Crippen molar-refractivity contribution in [3.8, 4) is 0 Å². The van der Waals surface area contributed by atoms with E-state index in [1.54, 1.807) is 0 Å². The van der Waals surface area contributed by atoms with Gasteiger partial charge in [0, 0.05) is 18.8 Å². The van der Waals surface area contributed by atoms with Gasteiger partial charge in [0.25, 0.3) is 0 Å². The fourth-order valence-corrected chi connectivity index (χ4v) is 14.5. The number of sulfone groups is 3. The first-order chi connectivity index (χ1) is 6.31. The van der Waals surface area contributed by atoms with E-state index in [4.69, 9.17) is 0 Å². The predicted octanol–water partition coefficient (Wildman–Crippen LogP) is -2.05. The van der Waals surface area contributed by atoms with Gasteiger partial charge in [0.1, 0.15) is 0 Å². The molecule has 0 bridgehead atoms. The van der Waals surface area contributed by atoms with Gasteiger partial charge >= 0.3 is 0 Å². The van der Waals surface area contributed by atoms with E-state index in [0.29, 0.717) is 18.8 Å². The topological polar surface area (TPSA) is 102 Å².